The Kier molecular flexibility index (Phi) is 3.46. The molecule has 8 nitrogen and oxygen atoms in total. The van der Waals surface area contributed by atoms with Crippen LogP contribution in [0.4, 0.5) is 5.95 Å². The van der Waals surface area contributed by atoms with Crippen LogP contribution in [0.5, 0.6) is 0 Å². The van der Waals surface area contributed by atoms with E-state index in [4.69, 9.17) is 11.6 Å². The maximum Gasteiger partial charge on any atom is 0.241 e. The van der Waals surface area contributed by atoms with E-state index in [1.54, 1.807) is 23.3 Å². The third kappa shape index (κ3) is 2.69. The van der Waals surface area contributed by atoms with Gasteiger partial charge in [-0.2, -0.15) is 15.0 Å². The molecule has 0 atom stereocenters. The van der Waals surface area contributed by atoms with Gasteiger partial charge in [-0.25, -0.2) is 4.98 Å². The van der Waals surface area contributed by atoms with Crippen LogP contribution in [0.3, 0.4) is 0 Å². The zero-order valence-electron chi connectivity index (χ0n) is 10.5. The molecule has 9 heteroatoms. The van der Waals surface area contributed by atoms with Gasteiger partial charge < -0.3 is 10.2 Å². The monoisotopic (exact) mass is 293 g/mol. The molecule has 2 aromatic rings. The molecule has 0 aliphatic carbocycles. The van der Waals surface area contributed by atoms with E-state index in [0.29, 0.717) is 38.0 Å². The molecule has 1 fully saturated rings. The lowest BCUT2D eigenvalue weighted by Gasteiger charge is -2.19. The lowest BCUT2D eigenvalue weighted by molar-refractivity contribution is -0.120. The van der Waals surface area contributed by atoms with Crippen molar-refractivity contribution in [3.63, 3.8) is 0 Å². The topological polar surface area (TPSA) is 88.8 Å². The molecule has 2 aromatic heterocycles. The fraction of sp³-hybridized carbons (Fsp3) is 0.364. The largest absolute Gasteiger partial charge is 0.354 e. The summed E-state index contributed by atoms with van der Waals surface area (Å²) in [4.78, 5) is 29.8. The fourth-order valence-electron chi connectivity index (χ4n) is 1.93. The molecule has 1 aliphatic heterocycles. The summed E-state index contributed by atoms with van der Waals surface area (Å²) in [6.45, 7) is 1.74. The molecule has 1 aliphatic rings. The average Bonchev–Trinajstić information content (AvgIpc) is 2.88. The molecule has 1 saturated heterocycles. The summed E-state index contributed by atoms with van der Waals surface area (Å²) in [5.74, 6) is 0.897. The number of aromatic nitrogens is 5. The highest BCUT2D eigenvalue weighted by Crippen LogP contribution is 2.14. The second-order valence-corrected chi connectivity index (χ2v) is 4.60. The molecule has 104 valence electrons. The van der Waals surface area contributed by atoms with E-state index >= 15 is 0 Å². The molecular weight excluding hydrogens is 282 g/mol. The summed E-state index contributed by atoms with van der Waals surface area (Å²) < 4.78 is 1.65. The van der Waals surface area contributed by atoms with Gasteiger partial charge >= 0.3 is 0 Å². The highest BCUT2D eigenvalue weighted by Gasteiger charge is 2.18. The van der Waals surface area contributed by atoms with Crippen molar-refractivity contribution in [3.05, 3.63) is 24.0 Å². The number of hydrogen-bond donors (Lipinski definition) is 1. The van der Waals surface area contributed by atoms with Gasteiger partial charge in [0.1, 0.15) is 6.33 Å². The molecule has 0 radical (unpaired) electrons. The number of amides is 1. The van der Waals surface area contributed by atoms with Crippen LogP contribution in [0, 0.1) is 0 Å². The number of carbonyl (C=O) groups is 1. The average molecular weight is 294 g/mol. The first-order valence-electron chi connectivity index (χ1n) is 6.14. The minimum Gasteiger partial charge on any atom is -0.354 e. The van der Waals surface area contributed by atoms with Crippen molar-refractivity contribution >= 4 is 23.5 Å². The van der Waals surface area contributed by atoms with Gasteiger partial charge in [0.25, 0.3) is 0 Å². The summed E-state index contributed by atoms with van der Waals surface area (Å²) in [5, 5.41) is 2.91. The molecule has 0 aromatic carbocycles. The lowest BCUT2D eigenvalue weighted by atomic mass is 10.4. The summed E-state index contributed by atoms with van der Waals surface area (Å²) in [5.41, 5.74) is 0. The van der Waals surface area contributed by atoms with E-state index in [0.717, 1.165) is 0 Å². The second-order valence-electron chi connectivity index (χ2n) is 4.26. The Labute approximate surface area is 119 Å². The summed E-state index contributed by atoms with van der Waals surface area (Å²) >= 11 is 5.95. The maximum atomic E-state index is 11.4. The van der Waals surface area contributed by atoms with Crippen molar-refractivity contribution in [2.45, 2.75) is 6.42 Å². The summed E-state index contributed by atoms with van der Waals surface area (Å²) in [6.07, 6.45) is 5.35. The van der Waals surface area contributed by atoms with Gasteiger partial charge in [-0.1, -0.05) is 0 Å². The highest BCUT2D eigenvalue weighted by molar-refractivity contribution is 6.28. The van der Waals surface area contributed by atoms with Crippen LogP contribution in [0.15, 0.2) is 18.7 Å². The Balaban J connectivity index is 1.91. The van der Waals surface area contributed by atoms with Crippen molar-refractivity contribution in [1.29, 1.82) is 0 Å². The Bertz CT molecular complexity index is 615. The Hall–Kier alpha value is -2.22. The number of nitrogens with one attached hydrogen (secondary N) is 1. The molecule has 0 saturated carbocycles. The SMILES string of the molecule is O=C1CCN(c2nc(Cl)nc(-n3ccnc3)n2)CCN1. The van der Waals surface area contributed by atoms with E-state index in [-0.39, 0.29) is 11.2 Å². The first kappa shape index (κ1) is 12.8. The Morgan fingerprint density at radius 3 is 2.85 bits per heavy atom. The Morgan fingerprint density at radius 1 is 1.20 bits per heavy atom. The number of nitrogens with zero attached hydrogens (tertiary/aromatic N) is 6. The van der Waals surface area contributed by atoms with Gasteiger partial charge in [0.15, 0.2) is 0 Å². The van der Waals surface area contributed by atoms with Gasteiger partial charge in [-0.3, -0.25) is 9.36 Å². The molecule has 3 rings (SSSR count). The van der Waals surface area contributed by atoms with Crippen LogP contribution in [0.25, 0.3) is 5.95 Å². The van der Waals surface area contributed by atoms with Crippen LogP contribution in [-0.2, 0) is 4.79 Å². The van der Waals surface area contributed by atoms with Gasteiger partial charge in [0.2, 0.25) is 23.1 Å². The van der Waals surface area contributed by atoms with Crippen LogP contribution in [0.1, 0.15) is 6.42 Å². The molecule has 0 unspecified atom stereocenters. The molecular formula is C11H12ClN7O. The third-order valence-corrected chi connectivity index (χ3v) is 3.08. The van der Waals surface area contributed by atoms with Gasteiger partial charge in [-0.15, -0.1) is 0 Å². The maximum absolute atomic E-state index is 11.4. The van der Waals surface area contributed by atoms with Crippen molar-refractivity contribution in [2.24, 2.45) is 0 Å². The number of hydrogen-bond acceptors (Lipinski definition) is 6. The Morgan fingerprint density at radius 2 is 2.05 bits per heavy atom. The van der Waals surface area contributed by atoms with E-state index < -0.39 is 0 Å². The van der Waals surface area contributed by atoms with E-state index in [1.807, 2.05) is 4.90 Å². The van der Waals surface area contributed by atoms with E-state index in [2.05, 4.69) is 25.3 Å². The van der Waals surface area contributed by atoms with Gasteiger partial charge in [0, 0.05) is 38.4 Å². The van der Waals surface area contributed by atoms with Crippen LogP contribution < -0.4 is 10.2 Å². The predicted molar refractivity (Wildman–Crippen MR) is 71.8 cm³/mol. The van der Waals surface area contributed by atoms with E-state index in [1.165, 1.54) is 0 Å². The number of carbonyl (C=O) groups excluding carboxylic acids is 1. The second kappa shape index (κ2) is 5.41. The first-order chi connectivity index (χ1) is 9.72. The molecule has 1 amide bonds. The minimum absolute atomic E-state index is 0.0301. The number of halogens is 1. The van der Waals surface area contributed by atoms with E-state index in [9.17, 15) is 4.79 Å². The summed E-state index contributed by atoms with van der Waals surface area (Å²) in [6, 6.07) is 0. The normalized spacial score (nSPS) is 15.8. The predicted octanol–water partition coefficient (Wildman–Crippen LogP) is 0.0370. The van der Waals surface area contributed by atoms with Crippen molar-refractivity contribution in [1.82, 2.24) is 29.8 Å². The molecule has 20 heavy (non-hydrogen) atoms. The quantitative estimate of drug-likeness (QED) is 0.841. The lowest BCUT2D eigenvalue weighted by Crippen LogP contribution is -2.30. The number of anilines is 1. The van der Waals surface area contributed by atoms with Crippen LogP contribution >= 0.6 is 11.6 Å². The number of imidazole rings is 1. The standard InChI is InChI=1S/C11H12ClN7O/c12-9-15-10(18-4-1-8(20)14-3-6-18)17-11(16-9)19-5-2-13-7-19/h2,5,7H,1,3-4,6H2,(H,14,20). The minimum atomic E-state index is 0.0301. The molecule has 1 N–H and O–H groups in total. The fourth-order valence-corrected chi connectivity index (χ4v) is 2.08. The van der Waals surface area contributed by atoms with Crippen molar-refractivity contribution < 1.29 is 4.79 Å². The summed E-state index contributed by atoms with van der Waals surface area (Å²) in [7, 11) is 0. The number of rotatable bonds is 2. The van der Waals surface area contributed by atoms with Crippen LogP contribution in [0.2, 0.25) is 5.28 Å². The van der Waals surface area contributed by atoms with Crippen LogP contribution in [-0.4, -0.2) is 50.0 Å². The first-order valence-corrected chi connectivity index (χ1v) is 6.52. The zero-order chi connectivity index (χ0) is 13.9. The van der Waals surface area contributed by atoms with Crippen molar-refractivity contribution in [2.75, 3.05) is 24.5 Å². The molecule has 0 bridgehead atoms. The molecule has 3 heterocycles. The zero-order valence-corrected chi connectivity index (χ0v) is 11.3. The van der Waals surface area contributed by atoms with Gasteiger partial charge in [0.05, 0.1) is 0 Å². The third-order valence-electron chi connectivity index (χ3n) is 2.92. The van der Waals surface area contributed by atoms with Crippen molar-refractivity contribution in [3.8, 4) is 5.95 Å². The smallest absolute Gasteiger partial charge is 0.241 e. The van der Waals surface area contributed by atoms with Gasteiger partial charge in [-0.05, 0) is 11.6 Å². The molecule has 0 spiro atoms. The highest BCUT2D eigenvalue weighted by atomic mass is 35.5.